The van der Waals surface area contributed by atoms with Crippen molar-refractivity contribution in [2.45, 2.75) is 37.6 Å². The number of H-pyrrole nitrogens is 2. The van der Waals surface area contributed by atoms with Gasteiger partial charge in [-0.25, -0.2) is 4.98 Å². The summed E-state index contributed by atoms with van der Waals surface area (Å²) in [5, 5.41) is 2.61. The van der Waals surface area contributed by atoms with E-state index >= 15 is 0 Å². The summed E-state index contributed by atoms with van der Waals surface area (Å²) in [7, 11) is 6.57. The van der Waals surface area contributed by atoms with Crippen LogP contribution in [-0.4, -0.2) is 38.5 Å². The van der Waals surface area contributed by atoms with E-state index in [2.05, 4.69) is 144 Å². The predicted molar refractivity (Wildman–Crippen MR) is 188 cm³/mol. The maximum Gasteiger partial charge on any atom is 0.109 e. The number of nitrogens with one attached hydrogen (secondary N) is 2. The minimum absolute atomic E-state index is 0.0456. The fraction of sp³-hybridized carbons (Fsp3) is 0.225. The molecule has 3 aromatic heterocycles. The number of allylic oxidation sites excluding steroid dienone is 1. The largest absolute Gasteiger partial charge is 0.361 e. The monoisotopic (exact) mass is 591 g/mol. The van der Waals surface area contributed by atoms with E-state index in [0.717, 1.165) is 43.4 Å². The molecular weight excluding hydrogens is 550 g/mol. The van der Waals surface area contributed by atoms with Crippen LogP contribution in [0.5, 0.6) is 0 Å². The summed E-state index contributed by atoms with van der Waals surface area (Å²) in [6, 6.07) is 38.4. The van der Waals surface area contributed by atoms with Gasteiger partial charge in [-0.3, -0.25) is 4.90 Å². The number of nitrogens with zero attached hydrogens (tertiary/aromatic N) is 3. The third-order valence-electron chi connectivity index (χ3n) is 9.74. The van der Waals surface area contributed by atoms with Gasteiger partial charge in [0.15, 0.2) is 0 Å². The second kappa shape index (κ2) is 12.3. The summed E-state index contributed by atoms with van der Waals surface area (Å²) in [6.45, 7) is 0. The van der Waals surface area contributed by atoms with Gasteiger partial charge >= 0.3 is 0 Å². The van der Waals surface area contributed by atoms with Crippen molar-refractivity contribution in [3.8, 4) is 0 Å². The lowest BCUT2D eigenvalue weighted by Gasteiger charge is -2.43. The molecule has 2 N–H and O–H groups in total. The van der Waals surface area contributed by atoms with Gasteiger partial charge in [0.25, 0.3) is 0 Å². The van der Waals surface area contributed by atoms with E-state index in [4.69, 9.17) is 4.98 Å². The molecule has 7 aromatic rings. The summed E-state index contributed by atoms with van der Waals surface area (Å²) in [5.41, 5.74) is 10.3. The third-order valence-corrected chi connectivity index (χ3v) is 9.74. The number of aromatic amines is 2. The van der Waals surface area contributed by atoms with Gasteiger partial charge in [-0.05, 0) is 92.2 Å². The molecule has 0 aliphatic heterocycles. The molecule has 226 valence electrons. The number of aromatic nitrogens is 4. The van der Waals surface area contributed by atoms with Gasteiger partial charge in [0, 0.05) is 47.3 Å². The molecule has 0 spiro atoms. The first-order valence-corrected chi connectivity index (χ1v) is 16.0. The maximum absolute atomic E-state index is 4.94. The van der Waals surface area contributed by atoms with Crippen LogP contribution in [0, 0.1) is 0 Å². The van der Waals surface area contributed by atoms with Gasteiger partial charge < -0.3 is 14.5 Å². The van der Waals surface area contributed by atoms with Crippen LogP contribution in [0.15, 0.2) is 121 Å². The summed E-state index contributed by atoms with van der Waals surface area (Å²) in [6.07, 6.45) is 9.49. The molecule has 0 bridgehead atoms. The van der Waals surface area contributed by atoms with Crippen molar-refractivity contribution in [2.75, 3.05) is 14.1 Å². The van der Waals surface area contributed by atoms with Crippen LogP contribution in [-0.2, 0) is 25.4 Å². The van der Waals surface area contributed by atoms with Gasteiger partial charge in [0.2, 0.25) is 0 Å². The van der Waals surface area contributed by atoms with Crippen LogP contribution >= 0.6 is 0 Å². The fourth-order valence-electron chi connectivity index (χ4n) is 7.12. The van der Waals surface area contributed by atoms with Crippen molar-refractivity contribution >= 4 is 38.4 Å². The van der Waals surface area contributed by atoms with Gasteiger partial charge in [-0.1, -0.05) is 84.9 Å². The summed E-state index contributed by atoms with van der Waals surface area (Å²) >= 11 is 0. The Kier molecular flexibility index (Phi) is 7.86. The van der Waals surface area contributed by atoms with E-state index in [0.29, 0.717) is 0 Å². The number of aryl methyl sites for hydroxylation is 3. The summed E-state index contributed by atoms with van der Waals surface area (Å²) in [4.78, 5) is 14.3. The minimum atomic E-state index is 0.0456. The number of rotatable bonds is 6. The SMILES string of the molecule is CN(C)C1(c2ccccc2)CC=C(c2[nH]c3ccccc3c2CCc2nc3ccccc3n2C)CC1.c1ccc2[nH]ccc2c1. The first-order valence-electron chi connectivity index (χ1n) is 16.0. The number of imidazole rings is 1. The standard InChI is InChI=1S/C32H34N4.C8H7N/c1-35(2)32(24-11-5-4-6-12-24)21-19-23(20-22-32)31-26(25-13-7-8-14-27(25)34-31)17-18-30-33-28-15-9-10-16-29(28)36(30)3;1-2-4-8-7(3-1)5-6-9-8/h4-16,19,34H,17-18,20-22H2,1-3H3;1-6,9H. The highest BCUT2D eigenvalue weighted by Gasteiger charge is 2.36. The lowest BCUT2D eigenvalue weighted by Crippen LogP contribution is -2.42. The molecule has 3 heterocycles. The van der Waals surface area contributed by atoms with E-state index in [9.17, 15) is 0 Å². The Balaban J connectivity index is 0.000000308. The van der Waals surface area contributed by atoms with Crippen LogP contribution in [0.1, 0.15) is 41.9 Å². The van der Waals surface area contributed by atoms with Crippen molar-refractivity contribution in [3.63, 3.8) is 0 Å². The molecule has 1 unspecified atom stereocenters. The minimum Gasteiger partial charge on any atom is -0.361 e. The van der Waals surface area contributed by atoms with Gasteiger partial charge in [0.1, 0.15) is 5.82 Å². The van der Waals surface area contributed by atoms with Gasteiger partial charge in [0.05, 0.1) is 11.0 Å². The van der Waals surface area contributed by atoms with Crippen molar-refractivity contribution in [1.29, 1.82) is 0 Å². The molecule has 1 aliphatic rings. The molecule has 1 aliphatic carbocycles. The van der Waals surface area contributed by atoms with Crippen molar-refractivity contribution in [1.82, 2.24) is 24.4 Å². The molecule has 0 saturated carbocycles. The highest BCUT2D eigenvalue weighted by Crippen LogP contribution is 2.44. The highest BCUT2D eigenvalue weighted by atomic mass is 15.1. The van der Waals surface area contributed by atoms with Crippen molar-refractivity contribution < 1.29 is 0 Å². The number of benzene rings is 4. The second-order valence-electron chi connectivity index (χ2n) is 12.4. The fourth-order valence-corrected chi connectivity index (χ4v) is 7.12. The maximum atomic E-state index is 4.94. The highest BCUT2D eigenvalue weighted by molar-refractivity contribution is 5.89. The molecule has 45 heavy (non-hydrogen) atoms. The van der Waals surface area contributed by atoms with Crippen molar-refractivity contribution in [3.05, 3.63) is 144 Å². The zero-order chi connectivity index (χ0) is 30.8. The summed E-state index contributed by atoms with van der Waals surface area (Å²) in [5.74, 6) is 1.14. The number of hydrogen-bond acceptors (Lipinski definition) is 2. The molecule has 4 aromatic carbocycles. The average Bonchev–Trinajstić information content (AvgIpc) is 3.80. The normalized spacial score (nSPS) is 16.7. The lowest BCUT2D eigenvalue weighted by atomic mass is 9.75. The van der Waals surface area contributed by atoms with E-state index in [-0.39, 0.29) is 5.54 Å². The lowest BCUT2D eigenvalue weighted by molar-refractivity contribution is 0.138. The van der Waals surface area contributed by atoms with Gasteiger partial charge in [-0.2, -0.15) is 0 Å². The Morgan fingerprint density at radius 1 is 0.800 bits per heavy atom. The number of para-hydroxylation sites is 4. The van der Waals surface area contributed by atoms with Crippen LogP contribution in [0.25, 0.3) is 38.4 Å². The molecule has 1 atom stereocenters. The first kappa shape index (κ1) is 28.9. The van der Waals surface area contributed by atoms with Crippen molar-refractivity contribution in [2.24, 2.45) is 7.05 Å². The molecular formula is C40H41N5. The Bertz CT molecular complexity index is 2060. The van der Waals surface area contributed by atoms with E-state index in [1.807, 2.05) is 18.3 Å². The zero-order valence-electron chi connectivity index (χ0n) is 26.4. The van der Waals surface area contributed by atoms with Crippen LogP contribution in [0.2, 0.25) is 0 Å². The molecule has 5 heteroatoms. The smallest absolute Gasteiger partial charge is 0.109 e. The zero-order valence-corrected chi connectivity index (χ0v) is 26.4. The van der Waals surface area contributed by atoms with Gasteiger partial charge in [-0.15, -0.1) is 0 Å². The molecule has 0 radical (unpaired) electrons. The number of hydrogen-bond donors (Lipinski definition) is 2. The van der Waals surface area contributed by atoms with E-state index < -0.39 is 0 Å². The molecule has 0 amide bonds. The first-order chi connectivity index (χ1) is 22.0. The Labute approximate surface area is 265 Å². The van der Waals surface area contributed by atoms with E-state index in [1.54, 1.807) is 0 Å². The topological polar surface area (TPSA) is 52.6 Å². The predicted octanol–water partition coefficient (Wildman–Crippen LogP) is 9.03. The Morgan fingerprint density at radius 3 is 2.29 bits per heavy atom. The molecule has 0 fully saturated rings. The average molecular weight is 592 g/mol. The quantitative estimate of drug-likeness (QED) is 0.203. The van der Waals surface area contributed by atoms with E-state index in [1.165, 1.54) is 49.7 Å². The molecule has 8 rings (SSSR count). The Hall–Kier alpha value is -4.87. The second-order valence-corrected chi connectivity index (χ2v) is 12.4. The van der Waals surface area contributed by atoms with Crippen LogP contribution < -0.4 is 0 Å². The van der Waals surface area contributed by atoms with Crippen LogP contribution in [0.4, 0.5) is 0 Å². The number of fused-ring (bicyclic) bond motifs is 3. The molecule has 5 nitrogen and oxygen atoms in total. The molecule has 0 saturated heterocycles. The third kappa shape index (κ3) is 5.49. The van der Waals surface area contributed by atoms with Crippen LogP contribution in [0.3, 0.4) is 0 Å². The Morgan fingerprint density at radius 2 is 1.53 bits per heavy atom. The summed E-state index contributed by atoms with van der Waals surface area (Å²) < 4.78 is 2.25.